The molecule has 0 aliphatic heterocycles. The number of nitrogens with two attached hydrogens (primary N) is 1. The zero-order valence-corrected chi connectivity index (χ0v) is 20.9. The van der Waals surface area contributed by atoms with Crippen LogP contribution in [0.2, 0.25) is 5.02 Å². The summed E-state index contributed by atoms with van der Waals surface area (Å²) in [7, 11) is 1.60. The molecule has 0 fully saturated rings. The van der Waals surface area contributed by atoms with Crippen molar-refractivity contribution in [1.82, 2.24) is 25.6 Å². The minimum Gasteiger partial charge on any atom is -0.491 e. The van der Waals surface area contributed by atoms with E-state index in [1.54, 1.807) is 37.4 Å². The maximum Gasteiger partial charge on any atom is 0.433 e. The molecule has 4 aromatic rings. The minimum absolute atomic E-state index is 0.174. The Hall–Kier alpha value is -4.03. The number of amides is 1. The van der Waals surface area contributed by atoms with Crippen molar-refractivity contribution in [2.45, 2.75) is 25.6 Å². The van der Waals surface area contributed by atoms with E-state index in [4.69, 9.17) is 22.1 Å². The Bertz CT molecular complexity index is 1410. The molecule has 9 nitrogen and oxygen atoms in total. The van der Waals surface area contributed by atoms with Crippen LogP contribution in [-0.4, -0.2) is 45.2 Å². The van der Waals surface area contributed by atoms with Crippen LogP contribution in [0.15, 0.2) is 54.7 Å². The standard InChI is InChI=1S/C25H23ClF3N7O2/c1-36(20-5-2-3-6-21(20)38-10-4-7-23-32-34-35-33-23)24(37)15-8-9-19(26)17(11-15)18-14-31-22(25(27,28)29)12-16(18)13-30/h2-3,5-6,8-9,11-12,14H,4,7,10,13,30H2,1H3,(H,32,33,34,35). The second-order valence-electron chi connectivity index (χ2n) is 8.24. The Morgan fingerprint density at radius 3 is 2.66 bits per heavy atom. The fraction of sp³-hybridized carbons (Fsp3) is 0.240. The van der Waals surface area contributed by atoms with E-state index < -0.39 is 11.9 Å². The summed E-state index contributed by atoms with van der Waals surface area (Å²) in [6.45, 7) is 0.189. The molecule has 0 aliphatic carbocycles. The van der Waals surface area contributed by atoms with Gasteiger partial charge in [-0.15, -0.1) is 10.2 Å². The van der Waals surface area contributed by atoms with Crippen LogP contribution in [0.4, 0.5) is 18.9 Å². The monoisotopic (exact) mass is 545 g/mol. The van der Waals surface area contributed by atoms with Crippen molar-refractivity contribution in [2.75, 3.05) is 18.6 Å². The van der Waals surface area contributed by atoms with Gasteiger partial charge in [-0.25, -0.2) is 0 Å². The van der Waals surface area contributed by atoms with E-state index in [0.717, 1.165) is 12.3 Å². The molecule has 0 saturated carbocycles. The van der Waals surface area contributed by atoms with Crippen molar-refractivity contribution in [1.29, 1.82) is 0 Å². The summed E-state index contributed by atoms with van der Waals surface area (Å²) in [5.41, 5.74) is 6.33. The third kappa shape index (κ3) is 6.09. The van der Waals surface area contributed by atoms with Gasteiger partial charge in [-0.05, 0) is 48.4 Å². The van der Waals surface area contributed by atoms with E-state index >= 15 is 0 Å². The van der Waals surface area contributed by atoms with Gasteiger partial charge in [0.15, 0.2) is 5.82 Å². The highest BCUT2D eigenvalue weighted by Crippen LogP contribution is 2.35. The first-order valence-corrected chi connectivity index (χ1v) is 11.8. The first-order chi connectivity index (χ1) is 18.2. The fourth-order valence-electron chi connectivity index (χ4n) is 3.79. The molecule has 13 heteroatoms. The molecular formula is C25H23ClF3N7O2. The van der Waals surface area contributed by atoms with Crippen LogP contribution in [0.25, 0.3) is 11.1 Å². The summed E-state index contributed by atoms with van der Waals surface area (Å²) in [6, 6.07) is 12.5. The summed E-state index contributed by atoms with van der Waals surface area (Å²) >= 11 is 6.37. The number of para-hydroxylation sites is 2. The predicted octanol–water partition coefficient (Wildman–Crippen LogP) is 4.68. The summed E-state index contributed by atoms with van der Waals surface area (Å²) in [5.74, 6) is 0.705. The largest absolute Gasteiger partial charge is 0.491 e. The number of aryl methyl sites for hydroxylation is 1. The predicted molar refractivity (Wildman–Crippen MR) is 135 cm³/mol. The smallest absolute Gasteiger partial charge is 0.433 e. The van der Waals surface area contributed by atoms with E-state index in [1.807, 2.05) is 0 Å². The average Bonchev–Trinajstić information content (AvgIpc) is 3.43. The molecular weight excluding hydrogens is 523 g/mol. The lowest BCUT2D eigenvalue weighted by Crippen LogP contribution is -2.26. The SMILES string of the molecule is CN(C(=O)c1ccc(Cl)c(-c2cnc(C(F)(F)F)cc2CN)c1)c1ccccc1OCCCc1nn[nH]n1. The number of H-pyrrole nitrogens is 1. The van der Waals surface area contributed by atoms with Crippen molar-refractivity contribution in [3.05, 3.63) is 82.4 Å². The molecule has 4 rings (SSSR count). The highest BCUT2D eigenvalue weighted by atomic mass is 35.5. The fourth-order valence-corrected chi connectivity index (χ4v) is 4.01. The molecule has 0 unspecified atom stereocenters. The number of tetrazole rings is 1. The Labute approximate surface area is 220 Å². The molecule has 0 radical (unpaired) electrons. The van der Waals surface area contributed by atoms with Crippen LogP contribution in [0.5, 0.6) is 5.75 Å². The van der Waals surface area contributed by atoms with Gasteiger partial charge in [0.25, 0.3) is 5.91 Å². The quantitative estimate of drug-likeness (QED) is 0.293. The van der Waals surface area contributed by atoms with Crippen LogP contribution < -0.4 is 15.4 Å². The highest BCUT2D eigenvalue weighted by molar-refractivity contribution is 6.33. The Morgan fingerprint density at radius 2 is 1.95 bits per heavy atom. The highest BCUT2D eigenvalue weighted by Gasteiger charge is 2.33. The summed E-state index contributed by atoms with van der Waals surface area (Å²) in [4.78, 5) is 18.4. The Kier molecular flexibility index (Phi) is 8.23. The van der Waals surface area contributed by atoms with Crippen molar-refractivity contribution in [3.8, 4) is 16.9 Å². The number of ether oxygens (including phenoxy) is 1. The van der Waals surface area contributed by atoms with Gasteiger partial charge in [-0.2, -0.15) is 18.4 Å². The molecule has 2 aromatic heterocycles. The number of nitrogens with one attached hydrogen (secondary N) is 1. The molecule has 0 atom stereocenters. The van der Waals surface area contributed by atoms with Crippen molar-refractivity contribution in [3.63, 3.8) is 0 Å². The topological polar surface area (TPSA) is 123 Å². The number of nitrogens with zero attached hydrogens (tertiary/aromatic N) is 5. The zero-order chi connectivity index (χ0) is 27.3. The zero-order valence-electron chi connectivity index (χ0n) is 20.2. The number of carbonyl (C=O) groups is 1. The van der Waals surface area contributed by atoms with Crippen LogP contribution >= 0.6 is 11.6 Å². The maximum atomic E-state index is 13.4. The van der Waals surface area contributed by atoms with Crippen molar-refractivity contribution in [2.24, 2.45) is 5.73 Å². The number of pyridine rings is 1. The molecule has 2 aromatic carbocycles. The van der Waals surface area contributed by atoms with Crippen LogP contribution in [-0.2, 0) is 19.1 Å². The summed E-state index contributed by atoms with van der Waals surface area (Å²) in [5, 5.41) is 13.9. The third-order valence-electron chi connectivity index (χ3n) is 5.73. The number of rotatable bonds is 9. The minimum atomic E-state index is -4.62. The molecule has 2 heterocycles. The maximum absolute atomic E-state index is 13.4. The number of alkyl halides is 3. The number of aromatic nitrogens is 5. The van der Waals surface area contributed by atoms with Crippen molar-refractivity contribution >= 4 is 23.2 Å². The van der Waals surface area contributed by atoms with Gasteiger partial charge in [0.2, 0.25) is 0 Å². The molecule has 0 bridgehead atoms. The first kappa shape index (κ1) is 27.0. The van der Waals surface area contributed by atoms with Crippen molar-refractivity contribution < 1.29 is 22.7 Å². The molecule has 0 spiro atoms. The van der Waals surface area contributed by atoms with E-state index in [9.17, 15) is 18.0 Å². The summed E-state index contributed by atoms with van der Waals surface area (Å²) in [6.07, 6.45) is -2.33. The van der Waals surface area contributed by atoms with Crippen LogP contribution in [0, 0.1) is 0 Å². The molecule has 198 valence electrons. The van der Waals surface area contributed by atoms with Gasteiger partial charge in [-0.3, -0.25) is 9.78 Å². The number of hydrogen-bond donors (Lipinski definition) is 2. The molecule has 38 heavy (non-hydrogen) atoms. The molecule has 0 saturated heterocycles. The van der Waals surface area contributed by atoms with E-state index in [1.165, 1.54) is 17.0 Å². The van der Waals surface area contributed by atoms with Gasteiger partial charge < -0.3 is 15.4 Å². The van der Waals surface area contributed by atoms with Gasteiger partial charge >= 0.3 is 6.18 Å². The van der Waals surface area contributed by atoms with Crippen LogP contribution in [0.3, 0.4) is 0 Å². The molecule has 1 amide bonds. The number of anilines is 1. The molecule has 0 aliphatic rings. The van der Waals surface area contributed by atoms with Gasteiger partial charge in [0.05, 0.1) is 12.3 Å². The average molecular weight is 546 g/mol. The van der Waals surface area contributed by atoms with E-state index in [2.05, 4.69) is 25.6 Å². The second-order valence-corrected chi connectivity index (χ2v) is 8.64. The van der Waals surface area contributed by atoms with Gasteiger partial charge in [-0.1, -0.05) is 28.9 Å². The van der Waals surface area contributed by atoms with Gasteiger partial charge in [0.1, 0.15) is 11.4 Å². The lowest BCUT2D eigenvalue weighted by atomic mass is 9.98. The normalized spacial score (nSPS) is 11.4. The number of halogens is 4. The van der Waals surface area contributed by atoms with E-state index in [0.29, 0.717) is 47.8 Å². The van der Waals surface area contributed by atoms with Gasteiger partial charge in [0, 0.05) is 47.9 Å². The summed E-state index contributed by atoms with van der Waals surface area (Å²) < 4.78 is 45.3. The lowest BCUT2D eigenvalue weighted by Gasteiger charge is -2.21. The lowest BCUT2D eigenvalue weighted by molar-refractivity contribution is -0.141. The molecule has 3 N–H and O–H groups in total. The Balaban J connectivity index is 1.56. The number of hydrogen-bond acceptors (Lipinski definition) is 7. The number of benzene rings is 2. The first-order valence-electron chi connectivity index (χ1n) is 11.5. The Morgan fingerprint density at radius 1 is 1.16 bits per heavy atom. The van der Waals surface area contributed by atoms with E-state index in [-0.39, 0.29) is 28.6 Å². The van der Waals surface area contributed by atoms with Crippen LogP contribution in [0.1, 0.15) is 33.9 Å². The number of aromatic amines is 1. The third-order valence-corrected chi connectivity index (χ3v) is 6.06. The second kappa shape index (κ2) is 11.6. The number of carbonyl (C=O) groups excluding carboxylic acids is 1.